The quantitative estimate of drug-likeness (QED) is 0.642. The van der Waals surface area contributed by atoms with E-state index in [0.29, 0.717) is 41.8 Å². The molecule has 1 N–H and O–H groups in total. The lowest BCUT2D eigenvalue weighted by molar-refractivity contribution is -0.131. The van der Waals surface area contributed by atoms with Crippen LogP contribution in [-0.4, -0.2) is 82.2 Å². The maximum Gasteiger partial charge on any atom is 0.251 e. The van der Waals surface area contributed by atoms with Crippen molar-refractivity contribution >= 4 is 21.8 Å². The second kappa shape index (κ2) is 9.03. The normalized spacial score (nSPS) is 17.4. The van der Waals surface area contributed by atoms with Crippen molar-refractivity contribution in [3.05, 3.63) is 42.0 Å². The molecule has 0 saturated carbocycles. The van der Waals surface area contributed by atoms with E-state index in [9.17, 15) is 18.0 Å². The molecule has 0 atom stereocenters. The summed E-state index contributed by atoms with van der Waals surface area (Å²) >= 11 is 0. The lowest BCUT2D eigenvalue weighted by Crippen LogP contribution is -2.52. The lowest BCUT2D eigenvalue weighted by atomic mass is 10.2. The van der Waals surface area contributed by atoms with E-state index in [2.05, 4.69) is 5.32 Å². The minimum atomic E-state index is -3.74. The molecular formula is C22H23N3O8S. The lowest BCUT2D eigenvalue weighted by Gasteiger charge is -2.34. The highest BCUT2D eigenvalue weighted by atomic mass is 32.2. The first-order chi connectivity index (χ1) is 16.4. The van der Waals surface area contributed by atoms with Gasteiger partial charge in [0.2, 0.25) is 22.7 Å². The Kier molecular flexibility index (Phi) is 5.92. The molecule has 3 aliphatic heterocycles. The van der Waals surface area contributed by atoms with Crippen LogP contribution in [0.25, 0.3) is 0 Å². The number of ether oxygens (including phenoxy) is 4. The summed E-state index contributed by atoms with van der Waals surface area (Å²) < 4.78 is 48.9. The molecule has 2 amide bonds. The van der Waals surface area contributed by atoms with Crippen molar-refractivity contribution in [3.63, 3.8) is 0 Å². The molecule has 11 nitrogen and oxygen atoms in total. The third kappa shape index (κ3) is 4.33. The second-order valence-electron chi connectivity index (χ2n) is 7.84. The van der Waals surface area contributed by atoms with Crippen molar-refractivity contribution < 1.29 is 37.0 Å². The van der Waals surface area contributed by atoms with E-state index in [0.717, 1.165) is 0 Å². The zero-order chi connectivity index (χ0) is 23.7. The minimum Gasteiger partial charge on any atom is -0.486 e. The number of rotatable bonds is 5. The van der Waals surface area contributed by atoms with Crippen LogP contribution in [0.5, 0.6) is 23.0 Å². The van der Waals surface area contributed by atoms with E-state index in [1.165, 1.54) is 21.3 Å². The molecule has 3 aliphatic rings. The molecule has 5 rings (SSSR count). The second-order valence-corrected chi connectivity index (χ2v) is 9.78. The highest BCUT2D eigenvalue weighted by Crippen LogP contribution is 2.34. The molecule has 0 radical (unpaired) electrons. The fourth-order valence-electron chi connectivity index (χ4n) is 3.92. The van der Waals surface area contributed by atoms with Gasteiger partial charge in [-0.3, -0.25) is 9.59 Å². The summed E-state index contributed by atoms with van der Waals surface area (Å²) in [7, 11) is -3.74. The van der Waals surface area contributed by atoms with Crippen LogP contribution in [0.2, 0.25) is 0 Å². The average Bonchev–Trinajstić information content (AvgIpc) is 3.35. The van der Waals surface area contributed by atoms with Crippen LogP contribution in [0, 0.1) is 0 Å². The molecule has 2 aromatic rings. The third-order valence-electron chi connectivity index (χ3n) is 5.78. The first-order valence-corrected chi connectivity index (χ1v) is 12.2. The Morgan fingerprint density at radius 1 is 0.824 bits per heavy atom. The molecule has 2 aromatic carbocycles. The van der Waals surface area contributed by atoms with E-state index < -0.39 is 15.9 Å². The van der Waals surface area contributed by atoms with E-state index >= 15 is 0 Å². The van der Waals surface area contributed by atoms with Crippen LogP contribution in [0.3, 0.4) is 0 Å². The molecule has 1 fully saturated rings. The van der Waals surface area contributed by atoms with Gasteiger partial charge in [0.25, 0.3) is 5.91 Å². The number of benzene rings is 2. The largest absolute Gasteiger partial charge is 0.486 e. The van der Waals surface area contributed by atoms with Gasteiger partial charge in [-0.1, -0.05) is 0 Å². The Morgan fingerprint density at radius 2 is 1.47 bits per heavy atom. The number of piperazine rings is 1. The molecule has 0 aromatic heterocycles. The number of hydrogen-bond acceptors (Lipinski definition) is 8. The van der Waals surface area contributed by atoms with Crippen molar-refractivity contribution in [2.24, 2.45) is 0 Å². The number of carbonyl (C=O) groups excluding carboxylic acids is 2. The molecule has 3 heterocycles. The topological polar surface area (TPSA) is 124 Å². The summed E-state index contributed by atoms with van der Waals surface area (Å²) in [6.45, 7) is 1.45. The van der Waals surface area contributed by atoms with Gasteiger partial charge in [0.15, 0.2) is 23.0 Å². The number of carbonyl (C=O) groups is 2. The van der Waals surface area contributed by atoms with E-state index in [-0.39, 0.29) is 50.3 Å². The van der Waals surface area contributed by atoms with Crippen LogP contribution in [0.15, 0.2) is 41.3 Å². The molecule has 34 heavy (non-hydrogen) atoms. The van der Waals surface area contributed by atoms with E-state index in [4.69, 9.17) is 18.9 Å². The molecule has 1 saturated heterocycles. The van der Waals surface area contributed by atoms with Gasteiger partial charge < -0.3 is 29.2 Å². The van der Waals surface area contributed by atoms with Gasteiger partial charge >= 0.3 is 0 Å². The minimum absolute atomic E-state index is 0.106. The van der Waals surface area contributed by atoms with Crippen molar-refractivity contribution in [1.29, 1.82) is 0 Å². The summed E-state index contributed by atoms with van der Waals surface area (Å²) in [5.74, 6) is 1.27. The molecule has 0 unspecified atom stereocenters. The Hall–Kier alpha value is -3.51. The fraction of sp³-hybridized carbons (Fsp3) is 0.364. The number of nitrogens with zero attached hydrogens (tertiary/aromatic N) is 2. The van der Waals surface area contributed by atoms with Gasteiger partial charge in [0.1, 0.15) is 13.2 Å². The smallest absolute Gasteiger partial charge is 0.251 e. The van der Waals surface area contributed by atoms with Gasteiger partial charge in [-0.05, 0) is 30.3 Å². The van der Waals surface area contributed by atoms with Crippen LogP contribution in [0.4, 0.5) is 0 Å². The number of fused-ring (bicyclic) bond motifs is 2. The van der Waals surface area contributed by atoms with Gasteiger partial charge in [-0.25, -0.2) is 8.42 Å². The molecule has 0 aliphatic carbocycles. The van der Waals surface area contributed by atoms with Gasteiger partial charge in [0.05, 0.1) is 11.4 Å². The van der Waals surface area contributed by atoms with Crippen molar-refractivity contribution in [2.45, 2.75) is 4.90 Å². The number of hydrogen-bond donors (Lipinski definition) is 1. The highest BCUT2D eigenvalue weighted by Gasteiger charge is 2.31. The van der Waals surface area contributed by atoms with Crippen LogP contribution < -0.4 is 24.3 Å². The van der Waals surface area contributed by atoms with Gasteiger partial charge in [-0.2, -0.15) is 4.31 Å². The van der Waals surface area contributed by atoms with E-state index in [1.54, 1.807) is 24.3 Å². The Bertz CT molecular complexity index is 1220. The first kappa shape index (κ1) is 22.3. The summed E-state index contributed by atoms with van der Waals surface area (Å²) in [6, 6.07) is 9.34. The monoisotopic (exact) mass is 489 g/mol. The summed E-state index contributed by atoms with van der Waals surface area (Å²) in [4.78, 5) is 26.6. The van der Waals surface area contributed by atoms with Gasteiger partial charge in [0, 0.05) is 37.8 Å². The maximum absolute atomic E-state index is 13.1. The molecular weight excluding hydrogens is 466 g/mol. The Labute approximate surface area is 196 Å². The molecule has 12 heteroatoms. The maximum atomic E-state index is 13.1. The third-order valence-corrected chi connectivity index (χ3v) is 7.67. The highest BCUT2D eigenvalue weighted by molar-refractivity contribution is 7.89. The first-order valence-electron chi connectivity index (χ1n) is 10.8. The predicted molar refractivity (Wildman–Crippen MR) is 118 cm³/mol. The Morgan fingerprint density at radius 3 is 2.26 bits per heavy atom. The van der Waals surface area contributed by atoms with Crippen molar-refractivity contribution in [3.8, 4) is 23.0 Å². The number of amides is 2. The van der Waals surface area contributed by atoms with Crippen molar-refractivity contribution in [1.82, 2.24) is 14.5 Å². The van der Waals surface area contributed by atoms with Gasteiger partial charge in [-0.15, -0.1) is 0 Å². The molecule has 0 bridgehead atoms. The zero-order valence-corrected chi connectivity index (χ0v) is 19.0. The van der Waals surface area contributed by atoms with E-state index in [1.807, 2.05) is 0 Å². The van der Waals surface area contributed by atoms with Crippen molar-refractivity contribution in [2.75, 3.05) is 52.7 Å². The standard InChI is InChI=1S/C22H23N3O8S/c26-21(13-23-22(27)15-1-3-18-19(11-15)33-14-32-18)24-5-7-25(8-6-24)34(28,29)16-2-4-17-20(12-16)31-10-9-30-17/h1-4,11-12H,5-10,13-14H2,(H,23,27). The fourth-order valence-corrected chi connectivity index (χ4v) is 5.36. The average molecular weight is 490 g/mol. The Balaban J connectivity index is 1.15. The SMILES string of the molecule is O=C(NCC(=O)N1CCN(S(=O)(=O)c2ccc3c(c2)OCCO3)CC1)c1ccc2c(c1)OCO2. The van der Waals surface area contributed by atoms with Crippen LogP contribution in [-0.2, 0) is 14.8 Å². The summed E-state index contributed by atoms with van der Waals surface area (Å²) in [5, 5.41) is 2.60. The molecule has 0 spiro atoms. The van der Waals surface area contributed by atoms with Crippen LogP contribution >= 0.6 is 0 Å². The zero-order valence-electron chi connectivity index (χ0n) is 18.2. The summed E-state index contributed by atoms with van der Waals surface area (Å²) in [6.07, 6.45) is 0. The van der Waals surface area contributed by atoms with Crippen LogP contribution in [0.1, 0.15) is 10.4 Å². The number of sulfonamides is 1. The predicted octanol–water partition coefficient (Wildman–Crippen LogP) is 0.449. The number of nitrogens with one attached hydrogen (secondary N) is 1. The summed E-state index contributed by atoms with van der Waals surface area (Å²) in [5.41, 5.74) is 0.354. The molecule has 180 valence electrons.